The van der Waals surface area contributed by atoms with Crippen molar-refractivity contribution >= 4 is 35.0 Å². The highest BCUT2D eigenvalue weighted by Crippen LogP contribution is 2.20. The third kappa shape index (κ3) is 5.74. The first-order valence-corrected chi connectivity index (χ1v) is 8.38. The molecular formula is C18H18Cl2N2O3. The van der Waals surface area contributed by atoms with Gasteiger partial charge in [-0.15, -0.1) is 0 Å². The summed E-state index contributed by atoms with van der Waals surface area (Å²) >= 11 is 11.8. The summed E-state index contributed by atoms with van der Waals surface area (Å²) in [5, 5.41) is 0.616. The molecule has 2 aromatic rings. The molecule has 2 amide bonds. The maximum Gasteiger partial charge on any atom is 0.271 e. The molecule has 0 aliphatic carbocycles. The minimum Gasteiger partial charge on any atom is -0.374 e. The maximum absolute atomic E-state index is 12.1. The number of halogens is 2. The predicted molar refractivity (Wildman–Crippen MR) is 97.8 cm³/mol. The molecule has 0 bridgehead atoms. The van der Waals surface area contributed by atoms with Crippen LogP contribution in [-0.2, 0) is 11.3 Å². The van der Waals surface area contributed by atoms with Gasteiger partial charge in [0.2, 0.25) is 0 Å². The lowest BCUT2D eigenvalue weighted by atomic mass is 10.1. The van der Waals surface area contributed by atoms with E-state index in [1.165, 1.54) is 12.1 Å². The quantitative estimate of drug-likeness (QED) is 0.770. The first kappa shape index (κ1) is 19.2. The predicted octanol–water partition coefficient (Wildman–Crippen LogP) is 3.99. The Kier molecular flexibility index (Phi) is 6.82. The van der Waals surface area contributed by atoms with Gasteiger partial charge in [-0.05, 0) is 49.7 Å². The summed E-state index contributed by atoms with van der Waals surface area (Å²) in [4.78, 5) is 24.2. The lowest BCUT2D eigenvalue weighted by Crippen LogP contribution is -2.41. The number of nitrogens with one attached hydrogen (secondary N) is 2. The van der Waals surface area contributed by atoms with Crippen molar-refractivity contribution in [2.45, 2.75) is 26.6 Å². The molecule has 5 nitrogen and oxygen atoms in total. The number of carbonyl (C=O) groups excluding carboxylic acids is 2. The number of amides is 2. The molecule has 0 aliphatic heterocycles. The van der Waals surface area contributed by atoms with Gasteiger partial charge in [0, 0.05) is 10.6 Å². The van der Waals surface area contributed by atoms with E-state index in [0.29, 0.717) is 17.2 Å². The van der Waals surface area contributed by atoms with Gasteiger partial charge in [-0.2, -0.15) is 0 Å². The van der Waals surface area contributed by atoms with Crippen LogP contribution < -0.4 is 10.9 Å². The molecule has 0 fully saturated rings. The average molecular weight is 381 g/mol. The summed E-state index contributed by atoms with van der Waals surface area (Å²) in [5.41, 5.74) is 6.20. The Morgan fingerprint density at radius 3 is 2.28 bits per heavy atom. The molecule has 0 heterocycles. The molecule has 0 spiro atoms. The van der Waals surface area contributed by atoms with Crippen molar-refractivity contribution in [3.05, 3.63) is 69.2 Å². The average Bonchev–Trinajstić information content (AvgIpc) is 2.60. The van der Waals surface area contributed by atoms with Gasteiger partial charge in [0.05, 0.1) is 23.3 Å². The van der Waals surface area contributed by atoms with E-state index in [4.69, 9.17) is 27.9 Å². The molecule has 0 radical (unpaired) electrons. The number of hydrazine groups is 1. The molecule has 0 aromatic heterocycles. The summed E-state index contributed by atoms with van der Waals surface area (Å²) in [6.45, 7) is 4.39. The van der Waals surface area contributed by atoms with Gasteiger partial charge >= 0.3 is 0 Å². The first-order chi connectivity index (χ1) is 11.9. The lowest BCUT2D eigenvalue weighted by Gasteiger charge is -2.10. The fourth-order valence-electron chi connectivity index (χ4n) is 1.94. The van der Waals surface area contributed by atoms with Crippen LogP contribution >= 0.6 is 23.2 Å². The Bertz CT molecular complexity index is 761. The van der Waals surface area contributed by atoms with E-state index in [1.807, 2.05) is 13.8 Å². The van der Waals surface area contributed by atoms with Gasteiger partial charge < -0.3 is 4.74 Å². The molecule has 2 aromatic carbocycles. The van der Waals surface area contributed by atoms with Crippen molar-refractivity contribution in [2.75, 3.05) is 0 Å². The largest absolute Gasteiger partial charge is 0.374 e. The summed E-state index contributed by atoms with van der Waals surface area (Å²) in [6, 6.07) is 11.4. The number of rotatable bonds is 5. The van der Waals surface area contributed by atoms with Gasteiger partial charge in [-0.25, -0.2) is 0 Å². The van der Waals surface area contributed by atoms with Crippen LogP contribution in [0.3, 0.4) is 0 Å². The van der Waals surface area contributed by atoms with Crippen molar-refractivity contribution in [1.82, 2.24) is 10.9 Å². The molecule has 0 atom stereocenters. The van der Waals surface area contributed by atoms with E-state index in [0.717, 1.165) is 5.56 Å². The number of hydrogen-bond donors (Lipinski definition) is 2. The molecule has 132 valence electrons. The van der Waals surface area contributed by atoms with Crippen molar-refractivity contribution in [2.24, 2.45) is 0 Å². The molecule has 2 N–H and O–H groups in total. The van der Waals surface area contributed by atoms with Crippen LogP contribution in [0.2, 0.25) is 10.0 Å². The SMILES string of the molecule is CC(C)OCc1ccc(C(=O)NNC(=O)c2cc(Cl)ccc2Cl)cc1. The second-order valence-corrected chi connectivity index (χ2v) is 6.43. The molecule has 0 saturated heterocycles. The Morgan fingerprint density at radius 1 is 1.00 bits per heavy atom. The zero-order valence-electron chi connectivity index (χ0n) is 13.8. The van der Waals surface area contributed by atoms with Crippen molar-refractivity contribution in [1.29, 1.82) is 0 Å². The summed E-state index contributed by atoms with van der Waals surface area (Å²) in [7, 11) is 0. The van der Waals surface area contributed by atoms with Gasteiger partial charge in [0.1, 0.15) is 0 Å². The second kappa shape index (κ2) is 8.85. The van der Waals surface area contributed by atoms with Crippen molar-refractivity contribution in [3.8, 4) is 0 Å². The maximum atomic E-state index is 12.1. The molecule has 7 heteroatoms. The van der Waals surface area contributed by atoms with E-state index < -0.39 is 11.8 Å². The normalized spacial score (nSPS) is 10.6. The Balaban J connectivity index is 1.93. The van der Waals surface area contributed by atoms with E-state index in [1.54, 1.807) is 30.3 Å². The second-order valence-electron chi connectivity index (χ2n) is 5.59. The lowest BCUT2D eigenvalue weighted by molar-refractivity contribution is 0.0656. The third-order valence-electron chi connectivity index (χ3n) is 3.26. The van der Waals surface area contributed by atoms with E-state index >= 15 is 0 Å². The zero-order valence-corrected chi connectivity index (χ0v) is 15.3. The number of hydrogen-bond acceptors (Lipinski definition) is 3. The Hall–Kier alpha value is -2.08. The molecule has 0 saturated carbocycles. The minimum atomic E-state index is -0.553. The summed E-state index contributed by atoms with van der Waals surface area (Å²) < 4.78 is 5.50. The van der Waals surface area contributed by atoms with E-state index in [-0.39, 0.29) is 16.7 Å². The van der Waals surface area contributed by atoms with Crippen molar-refractivity contribution in [3.63, 3.8) is 0 Å². The fraction of sp³-hybridized carbons (Fsp3) is 0.222. The van der Waals surface area contributed by atoms with Crippen LogP contribution in [0.4, 0.5) is 0 Å². The van der Waals surface area contributed by atoms with Gasteiger partial charge in [-0.1, -0.05) is 35.3 Å². The monoisotopic (exact) mass is 380 g/mol. The highest BCUT2D eigenvalue weighted by atomic mass is 35.5. The van der Waals surface area contributed by atoms with Crippen LogP contribution in [0.15, 0.2) is 42.5 Å². The number of benzene rings is 2. The van der Waals surface area contributed by atoms with Crippen LogP contribution in [-0.4, -0.2) is 17.9 Å². The Labute approximate surface area is 156 Å². The van der Waals surface area contributed by atoms with E-state index in [2.05, 4.69) is 10.9 Å². The van der Waals surface area contributed by atoms with Crippen LogP contribution in [0.1, 0.15) is 40.1 Å². The van der Waals surface area contributed by atoms with E-state index in [9.17, 15) is 9.59 Å². The van der Waals surface area contributed by atoms with Gasteiger partial charge in [0.15, 0.2) is 0 Å². The first-order valence-electron chi connectivity index (χ1n) is 7.63. The minimum absolute atomic E-state index is 0.136. The third-order valence-corrected chi connectivity index (χ3v) is 3.83. The summed E-state index contributed by atoms with van der Waals surface area (Å²) in [6.07, 6.45) is 0.136. The van der Waals surface area contributed by atoms with Gasteiger partial charge in [-0.3, -0.25) is 20.4 Å². The molecule has 0 unspecified atom stereocenters. The summed E-state index contributed by atoms with van der Waals surface area (Å²) in [5.74, 6) is -0.995. The Morgan fingerprint density at radius 2 is 1.64 bits per heavy atom. The van der Waals surface area contributed by atoms with Crippen molar-refractivity contribution < 1.29 is 14.3 Å². The topological polar surface area (TPSA) is 67.4 Å². The highest BCUT2D eigenvalue weighted by molar-refractivity contribution is 6.35. The zero-order chi connectivity index (χ0) is 18.4. The van der Waals surface area contributed by atoms with Crippen LogP contribution in [0.5, 0.6) is 0 Å². The molecular weight excluding hydrogens is 363 g/mol. The fourth-order valence-corrected chi connectivity index (χ4v) is 2.32. The smallest absolute Gasteiger partial charge is 0.271 e. The highest BCUT2D eigenvalue weighted by Gasteiger charge is 2.13. The molecule has 25 heavy (non-hydrogen) atoms. The molecule has 0 aliphatic rings. The van der Waals surface area contributed by atoms with Gasteiger partial charge in [0.25, 0.3) is 11.8 Å². The number of carbonyl (C=O) groups is 2. The standard InChI is InChI=1S/C18H18Cl2N2O3/c1-11(2)25-10-12-3-5-13(6-4-12)17(23)21-22-18(24)15-9-14(19)7-8-16(15)20/h3-9,11H,10H2,1-2H3,(H,21,23)(H,22,24). The number of ether oxygens (including phenoxy) is 1. The van der Waals surface area contributed by atoms with Crippen LogP contribution in [0, 0.1) is 0 Å². The molecule has 2 rings (SSSR count). The van der Waals surface area contributed by atoms with Crippen LogP contribution in [0.25, 0.3) is 0 Å².